The van der Waals surface area contributed by atoms with E-state index in [0.29, 0.717) is 56.8 Å². The van der Waals surface area contributed by atoms with Crippen LogP contribution in [0.4, 0.5) is 0 Å². The van der Waals surface area contributed by atoms with Crippen LogP contribution in [0.1, 0.15) is 0 Å². The summed E-state index contributed by atoms with van der Waals surface area (Å²) in [7, 11) is 8.98. The van der Waals surface area contributed by atoms with Gasteiger partial charge < -0.3 is 33.4 Å². The first-order valence-electron chi connectivity index (χ1n) is 8.56. The molecule has 0 saturated carbocycles. The number of H-pyrrole nitrogens is 1. The summed E-state index contributed by atoms with van der Waals surface area (Å²) in [5.74, 6) is 2.61. The molecule has 3 aromatic rings. The number of aromatic nitrogens is 2. The smallest absolute Gasteiger partial charge is 0.259 e. The third kappa shape index (κ3) is 3.35. The summed E-state index contributed by atoms with van der Waals surface area (Å²) in [6, 6.07) is 4.94. The Morgan fingerprint density at radius 2 is 1.21 bits per heavy atom. The standard InChI is InChI=1S/C20H22N2O7/c1-24-12-7-10(8-13(25-2)16(12)27-4)19-21-15-11(20(23)22-19)9-14(26-3)17(28-5)18(15)29-6/h7-9H,1-6H3,(H,21,22,23). The van der Waals surface area contributed by atoms with Crippen molar-refractivity contribution in [1.82, 2.24) is 9.97 Å². The largest absolute Gasteiger partial charge is 0.493 e. The van der Waals surface area contributed by atoms with E-state index in [1.54, 1.807) is 18.2 Å². The second-order valence-electron chi connectivity index (χ2n) is 5.87. The lowest BCUT2D eigenvalue weighted by atomic mass is 10.1. The number of benzene rings is 2. The molecule has 0 saturated heterocycles. The van der Waals surface area contributed by atoms with Gasteiger partial charge in [-0.2, -0.15) is 0 Å². The second kappa shape index (κ2) is 8.17. The van der Waals surface area contributed by atoms with Crippen LogP contribution in [0.5, 0.6) is 34.5 Å². The first-order valence-corrected chi connectivity index (χ1v) is 8.56. The number of rotatable bonds is 7. The predicted octanol–water partition coefficient (Wildman–Crippen LogP) is 2.64. The number of methoxy groups -OCH3 is 6. The molecule has 0 spiro atoms. The Bertz CT molecular complexity index is 1080. The van der Waals surface area contributed by atoms with Crippen LogP contribution in [0.3, 0.4) is 0 Å². The molecule has 0 aliphatic rings. The van der Waals surface area contributed by atoms with Gasteiger partial charge in [0.1, 0.15) is 11.3 Å². The van der Waals surface area contributed by atoms with Gasteiger partial charge in [-0.25, -0.2) is 4.98 Å². The van der Waals surface area contributed by atoms with E-state index in [9.17, 15) is 4.79 Å². The zero-order valence-corrected chi connectivity index (χ0v) is 17.0. The van der Waals surface area contributed by atoms with Crippen molar-refractivity contribution in [1.29, 1.82) is 0 Å². The van der Waals surface area contributed by atoms with Gasteiger partial charge in [0.15, 0.2) is 23.0 Å². The van der Waals surface area contributed by atoms with Crippen molar-refractivity contribution < 1.29 is 28.4 Å². The van der Waals surface area contributed by atoms with E-state index >= 15 is 0 Å². The zero-order valence-electron chi connectivity index (χ0n) is 17.0. The number of hydrogen-bond donors (Lipinski definition) is 1. The molecule has 0 amide bonds. The highest BCUT2D eigenvalue weighted by atomic mass is 16.5. The lowest BCUT2D eigenvalue weighted by Gasteiger charge is -2.16. The van der Waals surface area contributed by atoms with Gasteiger partial charge in [-0.05, 0) is 18.2 Å². The van der Waals surface area contributed by atoms with Gasteiger partial charge >= 0.3 is 0 Å². The van der Waals surface area contributed by atoms with E-state index in [1.165, 1.54) is 42.7 Å². The molecule has 0 fully saturated rings. The van der Waals surface area contributed by atoms with Crippen molar-refractivity contribution in [3.05, 3.63) is 28.6 Å². The molecule has 9 nitrogen and oxygen atoms in total. The van der Waals surface area contributed by atoms with Crippen molar-refractivity contribution in [3.63, 3.8) is 0 Å². The molecule has 29 heavy (non-hydrogen) atoms. The van der Waals surface area contributed by atoms with Crippen LogP contribution >= 0.6 is 0 Å². The van der Waals surface area contributed by atoms with Crippen LogP contribution < -0.4 is 34.0 Å². The summed E-state index contributed by atoms with van der Waals surface area (Å²) < 4.78 is 32.3. The Morgan fingerprint density at radius 3 is 1.69 bits per heavy atom. The van der Waals surface area contributed by atoms with E-state index in [-0.39, 0.29) is 5.56 Å². The average Bonchev–Trinajstić information content (AvgIpc) is 2.76. The maximum Gasteiger partial charge on any atom is 0.259 e. The average molecular weight is 402 g/mol. The van der Waals surface area contributed by atoms with Crippen LogP contribution in [-0.2, 0) is 0 Å². The first kappa shape index (κ1) is 20.1. The number of nitrogens with zero attached hydrogens (tertiary/aromatic N) is 1. The van der Waals surface area contributed by atoms with E-state index in [4.69, 9.17) is 28.4 Å². The molecule has 9 heteroatoms. The molecule has 0 atom stereocenters. The van der Waals surface area contributed by atoms with Gasteiger partial charge in [-0.1, -0.05) is 0 Å². The van der Waals surface area contributed by atoms with E-state index in [1.807, 2.05) is 0 Å². The summed E-state index contributed by atoms with van der Waals surface area (Å²) >= 11 is 0. The molecule has 0 bridgehead atoms. The Hall–Kier alpha value is -3.62. The minimum atomic E-state index is -0.363. The molecule has 1 N–H and O–H groups in total. The number of hydrogen-bond acceptors (Lipinski definition) is 8. The molecule has 1 heterocycles. The van der Waals surface area contributed by atoms with Crippen molar-refractivity contribution in [2.75, 3.05) is 42.7 Å². The predicted molar refractivity (Wildman–Crippen MR) is 107 cm³/mol. The lowest BCUT2D eigenvalue weighted by molar-refractivity contribution is 0.324. The number of fused-ring (bicyclic) bond motifs is 1. The molecular weight excluding hydrogens is 380 g/mol. The lowest BCUT2D eigenvalue weighted by Crippen LogP contribution is -2.11. The van der Waals surface area contributed by atoms with Crippen LogP contribution in [0, 0.1) is 0 Å². The van der Waals surface area contributed by atoms with Gasteiger partial charge in [-0.15, -0.1) is 0 Å². The fraction of sp³-hybridized carbons (Fsp3) is 0.300. The summed E-state index contributed by atoms with van der Waals surface area (Å²) in [6.07, 6.45) is 0. The SMILES string of the molecule is COc1cc(-c2nc3c(OC)c(OC)c(OC)cc3c(=O)[nH]2)cc(OC)c1OC. The number of aromatic amines is 1. The van der Waals surface area contributed by atoms with Crippen LogP contribution in [0.25, 0.3) is 22.3 Å². The Balaban J connectivity index is 2.34. The fourth-order valence-corrected chi connectivity index (χ4v) is 3.09. The topological polar surface area (TPSA) is 101 Å². The number of ether oxygens (including phenoxy) is 6. The Morgan fingerprint density at radius 1 is 0.690 bits per heavy atom. The normalized spacial score (nSPS) is 10.6. The molecular formula is C20H22N2O7. The van der Waals surface area contributed by atoms with Crippen molar-refractivity contribution >= 4 is 10.9 Å². The third-order valence-corrected chi connectivity index (χ3v) is 4.44. The third-order valence-electron chi connectivity index (χ3n) is 4.44. The van der Waals surface area contributed by atoms with Crippen LogP contribution in [-0.4, -0.2) is 52.6 Å². The quantitative estimate of drug-likeness (QED) is 0.644. The molecule has 0 aliphatic carbocycles. The highest BCUT2D eigenvalue weighted by Crippen LogP contribution is 2.43. The second-order valence-corrected chi connectivity index (χ2v) is 5.87. The monoisotopic (exact) mass is 402 g/mol. The molecule has 1 aromatic heterocycles. The minimum absolute atomic E-state index is 0.293. The van der Waals surface area contributed by atoms with E-state index < -0.39 is 0 Å². The van der Waals surface area contributed by atoms with E-state index in [2.05, 4.69) is 9.97 Å². The van der Waals surface area contributed by atoms with Crippen LogP contribution in [0.15, 0.2) is 23.0 Å². The first-order chi connectivity index (χ1) is 14.0. The maximum absolute atomic E-state index is 12.8. The van der Waals surface area contributed by atoms with Crippen molar-refractivity contribution in [3.8, 4) is 45.9 Å². The summed E-state index contributed by atoms with van der Waals surface area (Å²) in [5, 5.41) is 0.302. The summed E-state index contributed by atoms with van der Waals surface area (Å²) in [5.41, 5.74) is 0.533. The Kier molecular flexibility index (Phi) is 5.67. The van der Waals surface area contributed by atoms with E-state index in [0.717, 1.165) is 0 Å². The van der Waals surface area contributed by atoms with Gasteiger partial charge in [0, 0.05) is 5.56 Å². The fourth-order valence-electron chi connectivity index (χ4n) is 3.09. The molecule has 154 valence electrons. The minimum Gasteiger partial charge on any atom is -0.493 e. The highest BCUT2D eigenvalue weighted by molar-refractivity contribution is 5.90. The van der Waals surface area contributed by atoms with Gasteiger partial charge in [0.05, 0.1) is 48.0 Å². The zero-order chi connectivity index (χ0) is 21.1. The summed E-state index contributed by atoms with van der Waals surface area (Å²) in [4.78, 5) is 20.2. The maximum atomic E-state index is 12.8. The van der Waals surface area contributed by atoms with Gasteiger partial charge in [0.25, 0.3) is 5.56 Å². The number of nitrogens with one attached hydrogen (secondary N) is 1. The molecule has 3 rings (SSSR count). The Labute approximate surface area is 167 Å². The molecule has 0 radical (unpaired) electrons. The summed E-state index contributed by atoms with van der Waals surface area (Å²) in [6.45, 7) is 0. The van der Waals surface area contributed by atoms with Crippen LogP contribution in [0.2, 0.25) is 0 Å². The molecule has 0 aliphatic heterocycles. The molecule has 2 aromatic carbocycles. The van der Waals surface area contributed by atoms with Gasteiger partial charge in [0.2, 0.25) is 11.5 Å². The van der Waals surface area contributed by atoms with Crippen molar-refractivity contribution in [2.24, 2.45) is 0 Å². The highest BCUT2D eigenvalue weighted by Gasteiger charge is 2.21. The molecule has 0 unspecified atom stereocenters. The van der Waals surface area contributed by atoms with Crippen molar-refractivity contribution in [2.45, 2.75) is 0 Å². The van der Waals surface area contributed by atoms with Gasteiger partial charge in [-0.3, -0.25) is 4.79 Å².